The van der Waals surface area contributed by atoms with E-state index in [2.05, 4.69) is 11.5 Å². The minimum absolute atomic E-state index is 0.330. The highest BCUT2D eigenvalue weighted by molar-refractivity contribution is 5.17. The lowest BCUT2D eigenvalue weighted by atomic mass is 9.93. The zero-order valence-corrected chi connectivity index (χ0v) is 6.97. The molecule has 2 rings (SSSR count). The second kappa shape index (κ2) is 2.32. The molecule has 2 heterocycles. The average Bonchev–Trinajstić information content (AvgIpc) is 2.43. The van der Waals surface area contributed by atoms with E-state index in [1.54, 1.807) is 0 Å². The van der Waals surface area contributed by atoms with Gasteiger partial charge in [-0.05, 0) is 25.8 Å². The van der Waals surface area contributed by atoms with Crippen LogP contribution in [0.5, 0.6) is 0 Å². The van der Waals surface area contributed by atoms with Crippen molar-refractivity contribution in [2.75, 3.05) is 19.6 Å². The maximum atomic E-state index is 5.79. The molecule has 0 spiro atoms. The number of nitrogens with zero attached hydrogens (tertiary/aromatic N) is 1. The molecule has 0 saturated carbocycles. The molecular weight excluding hydrogens is 136 g/mol. The van der Waals surface area contributed by atoms with E-state index < -0.39 is 0 Å². The van der Waals surface area contributed by atoms with Crippen LogP contribution in [0, 0.1) is 0 Å². The molecule has 2 saturated heterocycles. The zero-order valence-electron chi connectivity index (χ0n) is 6.97. The van der Waals surface area contributed by atoms with E-state index in [9.17, 15) is 0 Å². The lowest BCUT2D eigenvalue weighted by Gasteiger charge is -2.29. The Labute approximate surface area is 68.1 Å². The average molecular weight is 152 g/mol. The van der Waals surface area contributed by atoms with Crippen LogP contribution in [0.4, 0.5) is 0 Å². The van der Waals surface area contributed by atoms with Gasteiger partial charge in [0.2, 0.25) is 0 Å². The number of hydrogen-bond acceptors (Lipinski definition) is 2. The number of rotatable bonds is 1. The maximum Gasteiger partial charge on any atom is 0.0372 e. The molecule has 2 aliphatic rings. The quantitative estimate of drug-likeness (QED) is 0.561. The van der Waals surface area contributed by atoms with Crippen molar-refractivity contribution in [2.24, 2.45) is 5.73 Å². The molecule has 0 aromatic heterocycles. The van der Waals surface area contributed by atoms with Crippen molar-refractivity contribution in [1.82, 2.24) is 4.90 Å². The molecular formula is C9H16N2. The third kappa shape index (κ3) is 0.932. The van der Waals surface area contributed by atoms with Gasteiger partial charge >= 0.3 is 0 Å². The van der Waals surface area contributed by atoms with Gasteiger partial charge in [0.25, 0.3) is 0 Å². The van der Waals surface area contributed by atoms with Gasteiger partial charge in [-0.15, -0.1) is 0 Å². The molecule has 62 valence electrons. The van der Waals surface area contributed by atoms with Gasteiger partial charge in [0.1, 0.15) is 0 Å². The van der Waals surface area contributed by atoms with Gasteiger partial charge in [-0.1, -0.05) is 12.2 Å². The molecule has 1 unspecified atom stereocenters. The normalized spacial score (nSPS) is 38.1. The SMILES string of the molecule is C=C1CN2CCCC2(CN)C1. The topological polar surface area (TPSA) is 29.3 Å². The first-order chi connectivity index (χ1) is 5.27. The molecule has 2 N–H and O–H groups in total. The van der Waals surface area contributed by atoms with Crippen LogP contribution in [-0.4, -0.2) is 30.1 Å². The summed E-state index contributed by atoms with van der Waals surface area (Å²) in [6.45, 7) is 7.17. The maximum absolute atomic E-state index is 5.79. The molecule has 0 aromatic carbocycles. The summed E-state index contributed by atoms with van der Waals surface area (Å²) in [5, 5.41) is 0. The van der Waals surface area contributed by atoms with Crippen LogP contribution in [0.15, 0.2) is 12.2 Å². The molecule has 0 aromatic rings. The fraction of sp³-hybridized carbons (Fsp3) is 0.778. The van der Waals surface area contributed by atoms with Crippen molar-refractivity contribution >= 4 is 0 Å². The molecule has 0 radical (unpaired) electrons. The van der Waals surface area contributed by atoms with Gasteiger partial charge in [-0.3, -0.25) is 4.90 Å². The molecule has 1 atom stereocenters. The van der Waals surface area contributed by atoms with E-state index in [4.69, 9.17) is 5.73 Å². The Kier molecular flexibility index (Phi) is 1.55. The summed E-state index contributed by atoms with van der Waals surface area (Å²) in [6, 6.07) is 0. The molecule has 2 fully saturated rings. The molecule has 0 aliphatic carbocycles. The van der Waals surface area contributed by atoms with Crippen LogP contribution < -0.4 is 5.73 Å². The first-order valence-corrected chi connectivity index (χ1v) is 4.39. The predicted molar refractivity (Wildman–Crippen MR) is 46.3 cm³/mol. The number of hydrogen-bond donors (Lipinski definition) is 1. The summed E-state index contributed by atoms with van der Waals surface area (Å²) < 4.78 is 0. The van der Waals surface area contributed by atoms with E-state index in [0.29, 0.717) is 5.54 Å². The van der Waals surface area contributed by atoms with Crippen molar-refractivity contribution in [3.8, 4) is 0 Å². The Hall–Kier alpha value is -0.340. The second-order valence-electron chi connectivity index (χ2n) is 3.88. The van der Waals surface area contributed by atoms with Crippen LogP contribution >= 0.6 is 0 Å². The van der Waals surface area contributed by atoms with E-state index in [-0.39, 0.29) is 0 Å². The summed E-state index contributed by atoms with van der Waals surface area (Å²) in [6.07, 6.45) is 3.75. The summed E-state index contributed by atoms with van der Waals surface area (Å²) in [5.74, 6) is 0. The minimum atomic E-state index is 0.330. The fourth-order valence-electron chi connectivity index (χ4n) is 2.54. The van der Waals surface area contributed by atoms with Crippen molar-refractivity contribution in [1.29, 1.82) is 0 Å². The lowest BCUT2D eigenvalue weighted by molar-refractivity contribution is 0.204. The Morgan fingerprint density at radius 1 is 1.64 bits per heavy atom. The van der Waals surface area contributed by atoms with Crippen molar-refractivity contribution in [2.45, 2.75) is 24.8 Å². The van der Waals surface area contributed by atoms with Gasteiger partial charge in [-0.2, -0.15) is 0 Å². The molecule has 2 heteroatoms. The summed E-state index contributed by atoms with van der Waals surface area (Å²) in [4.78, 5) is 2.51. The second-order valence-corrected chi connectivity index (χ2v) is 3.88. The first kappa shape index (κ1) is 7.32. The fourth-order valence-corrected chi connectivity index (χ4v) is 2.54. The molecule has 0 amide bonds. The van der Waals surface area contributed by atoms with E-state index >= 15 is 0 Å². The highest BCUT2D eigenvalue weighted by Crippen LogP contribution is 2.39. The summed E-state index contributed by atoms with van der Waals surface area (Å²) in [5.41, 5.74) is 7.49. The van der Waals surface area contributed by atoms with Crippen LogP contribution in [0.3, 0.4) is 0 Å². The van der Waals surface area contributed by atoms with E-state index in [1.165, 1.54) is 25.0 Å². The first-order valence-electron chi connectivity index (χ1n) is 4.39. The predicted octanol–water partition coefficient (Wildman–Crippen LogP) is 0.740. The largest absolute Gasteiger partial charge is 0.329 e. The molecule has 11 heavy (non-hydrogen) atoms. The van der Waals surface area contributed by atoms with Gasteiger partial charge in [0.15, 0.2) is 0 Å². The summed E-state index contributed by atoms with van der Waals surface area (Å²) in [7, 11) is 0. The van der Waals surface area contributed by atoms with E-state index in [0.717, 1.165) is 19.5 Å². The van der Waals surface area contributed by atoms with Gasteiger partial charge in [0, 0.05) is 18.6 Å². The molecule has 0 bridgehead atoms. The van der Waals surface area contributed by atoms with E-state index in [1.807, 2.05) is 0 Å². The van der Waals surface area contributed by atoms with Gasteiger partial charge < -0.3 is 5.73 Å². The van der Waals surface area contributed by atoms with Gasteiger partial charge in [-0.25, -0.2) is 0 Å². The third-order valence-electron chi connectivity index (χ3n) is 3.11. The van der Waals surface area contributed by atoms with Crippen LogP contribution in [0.25, 0.3) is 0 Å². The molecule has 2 aliphatic heterocycles. The van der Waals surface area contributed by atoms with Crippen molar-refractivity contribution in [3.05, 3.63) is 12.2 Å². The molecule has 2 nitrogen and oxygen atoms in total. The summed E-state index contributed by atoms with van der Waals surface area (Å²) >= 11 is 0. The number of nitrogens with two attached hydrogens (primary N) is 1. The third-order valence-corrected chi connectivity index (χ3v) is 3.11. The van der Waals surface area contributed by atoms with Crippen LogP contribution in [0.2, 0.25) is 0 Å². The van der Waals surface area contributed by atoms with Crippen LogP contribution in [-0.2, 0) is 0 Å². The van der Waals surface area contributed by atoms with Crippen molar-refractivity contribution in [3.63, 3.8) is 0 Å². The minimum Gasteiger partial charge on any atom is -0.329 e. The Morgan fingerprint density at radius 2 is 2.45 bits per heavy atom. The monoisotopic (exact) mass is 152 g/mol. The Balaban J connectivity index is 2.21. The zero-order chi connectivity index (χ0) is 7.90. The smallest absolute Gasteiger partial charge is 0.0372 e. The highest BCUT2D eigenvalue weighted by atomic mass is 15.2. The van der Waals surface area contributed by atoms with Crippen molar-refractivity contribution < 1.29 is 0 Å². The standard InChI is InChI=1S/C9H16N2/c1-8-5-9(7-10)3-2-4-11(9)6-8/h1-7,10H2. The Bertz CT molecular complexity index is 188. The highest BCUT2D eigenvalue weighted by Gasteiger charge is 2.44. The van der Waals surface area contributed by atoms with Gasteiger partial charge in [0.05, 0.1) is 0 Å². The lowest BCUT2D eigenvalue weighted by Crippen LogP contribution is -2.44. The van der Waals surface area contributed by atoms with Crippen LogP contribution in [0.1, 0.15) is 19.3 Å². The number of fused-ring (bicyclic) bond motifs is 1. The Morgan fingerprint density at radius 3 is 3.09 bits per heavy atom.